The Morgan fingerprint density at radius 2 is 1.48 bits per heavy atom. The first-order valence-corrected chi connectivity index (χ1v) is 10.3. The summed E-state index contributed by atoms with van der Waals surface area (Å²) in [5, 5.41) is 12.7. The Bertz CT molecular complexity index is 1330. The molecule has 5 aromatic rings. The lowest BCUT2D eigenvalue weighted by Gasteiger charge is -2.09. The maximum Gasteiger partial charge on any atom is 0.175 e. The smallest absolute Gasteiger partial charge is 0.175 e. The van der Waals surface area contributed by atoms with Crippen molar-refractivity contribution in [2.45, 2.75) is 5.03 Å². The van der Waals surface area contributed by atoms with Crippen LogP contribution in [0.4, 0.5) is 0 Å². The molecule has 2 aromatic heterocycles. The van der Waals surface area contributed by atoms with Gasteiger partial charge in [-0.2, -0.15) is 0 Å². The number of aromatic amines is 1. The highest BCUT2D eigenvalue weighted by Crippen LogP contribution is 2.32. The van der Waals surface area contributed by atoms with E-state index in [0.29, 0.717) is 11.3 Å². The van der Waals surface area contributed by atoms with Gasteiger partial charge in [-0.3, -0.25) is 4.79 Å². The molecule has 0 spiro atoms. The van der Waals surface area contributed by atoms with Crippen molar-refractivity contribution in [3.63, 3.8) is 0 Å². The first-order valence-electron chi connectivity index (χ1n) is 9.34. The molecular formula is C24H17N3OS. The van der Waals surface area contributed by atoms with Gasteiger partial charge in [0.15, 0.2) is 5.78 Å². The Hall–Kier alpha value is -3.44. The molecule has 5 heteroatoms. The number of ketones is 1. The highest BCUT2D eigenvalue weighted by atomic mass is 32.2. The Kier molecular flexibility index (Phi) is 4.58. The monoisotopic (exact) mass is 395 g/mol. The van der Waals surface area contributed by atoms with Crippen LogP contribution in [-0.2, 0) is 0 Å². The summed E-state index contributed by atoms with van der Waals surface area (Å²) in [6, 6.07) is 26.0. The summed E-state index contributed by atoms with van der Waals surface area (Å²) >= 11 is 1.43. The highest BCUT2D eigenvalue weighted by Gasteiger charge is 2.15. The van der Waals surface area contributed by atoms with Gasteiger partial charge in [0.2, 0.25) is 0 Å². The van der Waals surface area contributed by atoms with Gasteiger partial charge >= 0.3 is 0 Å². The number of carbonyl (C=O) groups is 1. The number of benzene rings is 3. The lowest BCUT2D eigenvalue weighted by molar-refractivity contribution is 0.102. The Morgan fingerprint density at radius 1 is 0.793 bits per heavy atom. The van der Waals surface area contributed by atoms with Crippen molar-refractivity contribution in [2.24, 2.45) is 0 Å². The molecule has 2 heterocycles. The van der Waals surface area contributed by atoms with E-state index in [0.717, 1.165) is 38.0 Å². The molecule has 3 aromatic carbocycles. The van der Waals surface area contributed by atoms with Crippen molar-refractivity contribution in [1.82, 2.24) is 15.2 Å². The molecule has 0 atom stereocenters. The summed E-state index contributed by atoms with van der Waals surface area (Å²) in [5.74, 6) is 0.385. The van der Waals surface area contributed by atoms with E-state index < -0.39 is 0 Å². The molecule has 5 rings (SSSR count). The van der Waals surface area contributed by atoms with E-state index in [4.69, 9.17) is 0 Å². The van der Waals surface area contributed by atoms with Crippen molar-refractivity contribution < 1.29 is 4.79 Å². The van der Waals surface area contributed by atoms with Crippen LogP contribution in [0.5, 0.6) is 0 Å². The highest BCUT2D eigenvalue weighted by molar-refractivity contribution is 8.00. The van der Waals surface area contributed by atoms with Crippen molar-refractivity contribution in [3.05, 3.63) is 90.6 Å². The molecule has 0 saturated carbocycles. The fourth-order valence-corrected chi connectivity index (χ4v) is 4.36. The van der Waals surface area contributed by atoms with E-state index in [1.165, 1.54) is 11.8 Å². The summed E-state index contributed by atoms with van der Waals surface area (Å²) in [5.41, 5.74) is 3.57. The van der Waals surface area contributed by atoms with Crippen LogP contribution < -0.4 is 0 Å². The normalized spacial score (nSPS) is 11.2. The second-order valence-electron chi connectivity index (χ2n) is 6.73. The summed E-state index contributed by atoms with van der Waals surface area (Å²) in [6.45, 7) is 0. The summed E-state index contributed by atoms with van der Waals surface area (Å²) in [4.78, 5) is 16.0. The third-order valence-corrected chi connectivity index (χ3v) is 5.91. The minimum atomic E-state index is 0.0745. The molecule has 0 radical (unpaired) electrons. The van der Waals surface area contributed by atoms with Crippen LogP contribution in [-0.4, -0.2) is 26.7 Å². The van der Waals surface area contributed by atoms with Gasteiger partial charge in [-0.25, -0.2) is 0 Å². The number of Topliss-reactive ketones (excluding diaryl/α,β-unsaturated/α-hetero) is 1. The SMILES string of the molecule is O=C(CSc1nnc(-c2ccccc2)c2ccccc12)c1c[nH]c2ccccc12. The van der Waals surface area contributed by atoms with Crippen LogP contribution in [0, 0.1) is 0 Å². The van der Waals surface area contributed by atoms with E-state index in [2.05, 4.69) is 21.2 Å². The molecule has 0 bridgehead atoms. The zero-order valence-corrected chi connectivity index (χ0v) is 16.3. The van der Waals surface area contributed by atoms with Crippen molar-refractivity contribution in [3.8, 4) is 11.3 Å². The number of para-hydroxylation sites is 1. The summed E-state index contributed by atoms with van der Waals surface area (Å²) in [7, 11) is 0. The van der Waals surface area contributed by atoms with Gasteiger partial charge in [0.25, 0.3) is 0 Å². The number of H-pyrrole nitrogens is 1. The van der Waals surface area contributed by atoms with E-state index in [1.807, 2.05) is 72.8 Å². The number of hydrogen-bond donors (Lipinski definition) is 1. The van der Waals surface area contributed by atoms with Gasteiger partial charge in [-0.05, 0) is 6.07 Å². The van der Waals surface area contributed by atoms with Gasteiger partial charge in [0, 0.05) is 39.0 Å². The average molecular weight is 395 g/mol. The van der Waals surface area contributed by atoms with Crippen molar-refractivity contribution in [2.75, 3.05) is 5.75 Å². The molecule has 0 unspecified atom stereocenters. The minimum Gasteiger partial charge on any atom is -0.360 e. The van der Waals surface area contributed by atoms with Crippen LogP contribution in [0.25, 0.3) is 32.9 Å². The molecular weight excluding hydrogens is 378 g/mol. The maximum atomic E-state index is 12.8. The largest absolute Gasteiger partial charge is 0.360 e. The molecule has 0 amide bonds. The number of hydrogen-bond acceptors (Lipinski definition) is 4. The predicted octanol–water partition coefficient (Wildman–Crippen LogP) is 5.75. The fourth-order valence-electron chi connectivity index (χ4n) is 3.51. The van der Waals surface area contributed by atoms with Gasteiger partial charge in [0.1, 0.15) is 10.7 Å². The van der Waals surface area contributed by atoms with Gasteiger partial charge in [-0.1, -0.05) is 84.6 Å². The van der Waals surface area contributed by atoms with Gasteiger partial charge in [0.05, 0.1) is 5.75 Å². The third kappa shape index (κ3) is 3.30. The molecule has 140 valence electrons. The molecule has 1 N–H and O–H groups in total. The lowest BCUT2D eigenvalue weighted by atomic mass is 10.1. The number of rotatable bonds is 5. The van der Waals surface area contributed by atoms with Crippen LogP contribution >= 0.6 is 11.8 Å². The number of nitrogens with zero attached hydrogens (tertiary/aromatic N) is 2. The Morgan fingerprint density at radius 3 is 2.31 bits per heavy atom. The van der Waals surface area contributed by atoms with E-state index >= 15 is 0 Å². The topological polar surface area (TPSA) is 58.6 Å². The first kappa shape index (κ1) is 17.6. The molecule has 0 aliphatic rings. The molecule has 0 aliphatic heterocycles. The molecule has 4 nitrogen and oxygen atoms in total. The second-order valence-corrected chi connectivity index (χ2v) is 7.69. The number of aromatic nitrogens is 3. The second kappa shape index (κ2) is 7.53. The molecule has 0 saturated heterocycles. The maximum absolute atomic E-state index is 12.8. The van der Waals surface area contributed by atoms with Gasteiger partial charge < -0.3 is 4.98 Å². The quantitative estimate of drug-likeness (QED) is 0.304. The predicted molar refractivity (Wildman–Crippen MR) is 118 cm³/mol. The summed E-state index contributed by atoms with van der Waals surface area (Å²) < 4.78 is 0. The molecule has 0 aliphatic carbocycles. The lowest BCUT2D eigenvalue weighted by Crippen LogP contribution is -2.02. The zero-order chi connectivity index (χ0) is 19.6. The zero-order valence-electron chi connectivity index (χ0n) is 15.5. The Balaban J connectivity index is 1.46. The van der Waals surface area contributed by atoms with Crippen LogP contribution in [0.3, 0.4) is 0 Å². The van der Waals surface area contributed by atoms with E-state index in [9.17, 15) is 4.79 Å². The van der Waals surface area contributed by atoms with Crippen molar-refractivity contribution >= 4 is 39.2 Å². The first-order chi connectivity index (χ1) is 14.3. The Labute approximate surface area is 172 Å². The average Bonchev–Trinajstić information content (AvgIpc) is 3.22. The number of thioether (sulfide) groups is 1. The standard InChI is InChI=1S/C24H17N3OS/c28-22(20-14-25-21-13-7-6-10-17(20)21)15-29-24-19-12-5-4-11-18(19)23(26-27-24)16-8-2-1-3-9-16/h1-14,25H,15H2. The fraction of sp³-hybridized carbons (Fsp3) is 0.0417. The molecule has 29 heavy (non-hydrogen) atoms. The van der Waals surface area contributed by atoms with Gasteiger partial charge in [-0.15, -0.1) is 10.2 Å². The number of carbonyl (C=O) groups excluding carboxylic acids is 1. The number of nitrogens with one attached hydrogen (secondary N) is 1. The third-order valence-electron chi connectivity index (χ3n) is 4.93. The number of fused-ring (bicyclic) bond motifs is 2. The van der Waals surface area contributed by atoms with E-state index in [-0.39, 0.29) is 5.78 Å². The van der Waals surface area contributed by atoms with Crippen LogP contribution in [0.15, 0.2) is 90.1 Å². The van der Waals surface area contributed by atoms with Crippen molar-refractivity contribution in [1.29, 1.82) is 0 Å². The summed E-state index contributed by atoms with van der Waals surface area (Å²) in [6.07, 6.45) is 1.79. The molecule has 0 fully saturated rings. The van der Waals surface area contributed by atoms with E-state index in [1.54, 1.807) is 6.20 Å². The minimum absolute atomic E-state index is 0.0745. The van der Waals surface area contributed by atoms with Crippen LogP contribution in [0.1, 0.15) is 10.4 Å². The van der Waals surface area contributed by atoms with Crippen LogP contribution in [0.2, 0.25) is 0 Å².